The second-order valence-corrected chi connectivity index (χ2v) is 3.27. The van der Waals surface area contributed by atoms with Gasteiger partial charge in [0.05, 0.1) is 6.42 Å². The zero-order valence-electron chi connectivity index (χ0n) is 8.64. The molecule has 0 aliphatic rings. The van der Waals surface area contributed by atoms with Crippen molar-refractivity contribution in [1.29, 1.82) is 0 Å². The predicted octanol–water partition coefficient (Wildman–Crippen LogP) is 2.27. The SMILES string of the molecule is C=CC(C)Oc1ccc(CC(=O)O)cc1. The van der Waals surface area contributed by atoms with Crippen molar-refractivity contribution in [3.63, 3.8) is 0 Å². The lowest BCUT2D eigenvalue weighted by Crippen LogP contribution is -2.07. The fourth-order valence-corrected chi connectivity index (χ4v) is 1.12. The Hall–Kier alpha value is -1.77. The zero-order chi connectivity index (χ0) is 11.3. The van der Waals surface area contributed by atoms with Gasteiger partial charge in [0.25, 0.3) is 0 Å². The third-order valence-corrected chi connectivity index (χ3v) is 1.93. The third kappa shape index (κ3) is 3.85. The van der Waals surface area contributed by atoms with Crippen LogP contribution in [0.1, 0.15) is 12.5 Å². The van der Waals surface area contributed by atoms with Crippen molar-refractivity contribution in [2.24, 2.45) is 0 Å². The average molecular weight is 206 g/mol. The van der Waals surface area contributed by atoms with Gasteiger partial charge in [-0.3, -0.25) is 4.79 Å². The fraction of sp³-hybridized carbons (Fsp3) is 0.250. The number of benzene rings is 1. The Balaban J connectivity index is 2.63. The highest BCUT2D eigenvalue weighted by Gasteiger charge is 2.02. The highest BCUT2D eigenvalue weighted by molar-refractivity contribution is 5.70. The molecule has 1 unspecified atom stereocenters. The Labute approximate surface area is 89.0 Å². The van der Waals surface area contributed by atoms with E-state index in [4.69, 9.17) is 9.84 Å². The molecule has 0 saturated heterocycles. The topological polar surface area (TPSA) is 46.5 Å². The van der Waals surface area contributed by atoms with Gasteiger partial charge in [0.1, 0.15) is 11.9 Å². The van der Waals surface area contributed by atoms with Crippen LogP contribution >= 0.6 is 0 Å². The molecule has 15 heavy (non-hydrogen) atoms. The first-order valence-corrected chi connectivity index (χ1v) is 4.71. The van der Waals surface area contributed by atoms with E-state index in [1.54, 1.807) is 30.3 Å². The number of aliphatic carboxylic acids is 1. The summed E-state index contributed by atoms with van der Waals surface area (Å²) in [7, 11) is 0. The van der Waals surface area contributed by atoms with Crippen molar-refractivity contribution < 1.29 is 14.6 Å². The first-order valence-electron chi connectivity index (χ1n) is 4.71. The maximum Gasteiger partial charge on any atom is 0.307 e. The van der Waals surface area contributed by atoms with Crippen LogP contribution in [0.2, 0.25) is 0 Å². The van der Waals surface area contributed by atoms with Gasteiger partial charge in [0.2, 0.25) is 0 Å². The molecule has 3 heteroatoms. The number of hydrogen-bond acceptors (Lipinski definition) is 2. The van der Waals surface area contributed by atoms with Crippen LogP contribution < -0.4 is 4.74 Å². The highest BCUT2D eigenvalue weighted by atomic mass is 16.5. The first kappa shape index (κ1) is 11.3. The Kier molecular flexibility index (Phi) is 3.92. The van der Waals surface area contributed by atoms with Gasteiger partial charge >= 0.3 is 5.97 Å². The summed E-state index contributed by atoms with van der Waals surface area (Å²) in [6.45, 7) is 5.50. The molecule has 1 aromatic rings. The van der Waals surface area contributed by atoms with Gasteiger partial charge in [-0.15, -0.1) is 0 Å². The van der Waals surface area contributed by atoms with E-state index in [-0.39, 0.29) is 12.5 Å². The molecule has 1 N–H and O–H groups in total. The molecule has 0 bridgehead atoms. The molecular weight excluding hydrogens is 192 g/mol. The summed E-state index contributed by atoms with van der Waals surface area (Å²) < 4.78 is 5.46. The summed E-state index contributed by atoms with van der Waals surface area (Å²) in [4.78, 5) is 10.4. The van der Waals surface area contributed by atoms with E-state index < -0.39 is 5.97 Å². The molecule has 0 heterocycles. The molecule has 0 radical (unpaired) electrons. The normalized spacial score (nSPS) is 11.8. The number of ether oxygens (including phenoxy) is 1. The summed E-state index contributed by atoms with van der Waals surface area (Å²) in [6.07, 6.45) is 1.69. The standard InChI is InChI=1S/C12H14O3/c1-3-9(2)15-11-6-4-10(5-7-11)8-12(13)14/h3-7,9H,1,8H2,2H3,(H,13,14). The van der Waals surface area contributed by atoms with E-state index in [2.05, 4.69) is 6.58 Å². The summed E-state index contributed by atoms with van der Waals surface area (Å²) >= 11 is 0. The summed E-state index contributed by atoms with van der Waals surface area (Å²) in [6, 6.07) is 7.02. The molecule has 0 aliphatic heterocycles. The third-order valence-electron chi connectivity index (χ3n) is 1.93. The van der Waals surface area contributed by atoms with Crippen LogP contribution in [0.25, 0.3) is 0 Å². The molecule has 1 aromatic carbocycles. The van der Waals surface area contributed by atoms with Crippen LogP contribution in [-0.4, -0.2) is 17.2 Å². The summed E-state index contributed by atoms with van der Waals surface area (Å²) in [5, 5.41) is 8.58. The first-order chi connectivity index (χ1) is 7.11. The zero-order valence-corrected chi connectivity index (χ0v) is 8.64. The van der Waals surface area contributed by atoms with Crippen LogP contribution in [0, 0.1) is 0 Å². The van der Waals surface area contributed by atoms with E-state index >= 15 is 0 Å². The smallest absolute Gasteiger partial charge is 0.307 e. The maximum absolute atomic E-state index is 10.4. The van der Waals surface area contributed by atoms with Crippen LogP contribution in [0.3, 0.4) is 0 Å². The molecule has 1 atom stereocenters. The molecule has 3 nitrogen and oxygen atoms in total. The van der Waals surface area contributed by atoms with Crippen LogP contribution in [0.4, 0.5) is 0 Å². The fourth-order valence-electron chi connectivity index (χ4n) is 1.12. The lowest BCUT2D eigenvalue weighted by atomic mass is 10.1. The van der Waals surface area contributed by atoms with Crippen LogP contribution in [0.15, 0.2) is 36.9 Å². The number of rotatable bonds is 5. The van der Waals surface area contributed by atoms with E-state index in [0.717, 1.165) is 11.3 Å². The lowest BCUT2D eigenvalue weighted by Gasteiger charge is -2.10. The van der Waals surface area contributed by atoms with Gasteiger partial charge in [-0.1, -0.05) is 24.8 Å². The van der Waals surface area contributed by atoms with Gasteiger partial charge in [-0.2, -0.15) is 0 Å². The minimum absolute atomic E-state index is 0.0390. The Morgan fingerprint density at radius 2 is 2.13 bits per heavy atom. The molecule has 0 saturated carbocycles. The van der Waals surface area contributed by atoms with Gasteiger partial charge < -0.3 is 9.84 Å². The Morgan fingerprint density at radius 3 is 2.60 bits per heavy atom. The Bertz CT molecular complexity index is 340. The molecule has 0 aliphatic carbocycles. The van der Waals surface area contributed by atoms with E-state index in [9.17, 15) is 4.79 Å². The lowest BCUT2D eigenvalue weighted by molar-refractivity contribution is -0.136. The number of carboxylic acids is 1. The van der Waals surface area contributed by atoms with Gasteiger partial charge in [-0.25, -0.2) is 0 Å². The van der Waals surface area contributed by atoms with Crippen molar-refractivity contribution in [3.05, 3.63) is 42.5 Å². The molecule has 1 rings (SSSR count). The molecule has 0 amide bonds. The number of hydrogen-bond donors (Lipinski definition) is 1. The van der Waals surface area contributed by atoms with Crippen molar-refractivity contribution >= 4 is 5.97 Å². The van der Waals surface area contributed by atoms with Gasteiger partial charge in [-0.05, 0) is 24.6 Å². The van der Waals surface area contributed by atoms with Crippen molar-refractivity contribution in [1.82, 2.24) is 0 Å². The van der Waals surface area contributed by atoms with Crippen LogP contribution in [-0.2, 0) is 11.2 Å². The van der Waals surface area contributed by atoms with Gasteiger partial charge in [0, 0.05) is 0 Å². The summed E-state index contributed by atoms with van der Waals surface area (Å²) in [5.41, 5.74) is 0.765. The minimum Gasteiger partial charge on any atom is -0.487 e. The molecule has 0 aromatic heterocycles. The quantitative estimate of drug-likeness (QED) is 0.752. The van der Waals surface area contributed by atoms with E-state index in [1.807, 2.05) is 6.92 Å². The number of carbonyl (C=O) groups is 1. The molecule has 0 fully saturated rings. The van der Waals surface area contributed by atoms with Crippen LogP contribution in [0.5, 0.6) is 5.75 Å². The largest absolute Gasteiger partial charge is 0.487 e. The minimum atomic E-state index is -0.830. The van der Waals surface area contributed by atoms with Crippen molar-refractivity contribution in [2.75, 3.05) is 0 Å². The Morgan fingerprint density at radius 1 is 1.53 bits per heavy atom. The number of carboxylic acid groups (broad SMARTS) is 1. The molecule has 80 valence electrons. The molecule has 0 spiro atoms. The predicted molar refractivity (Wildman–Crippen MR) is 58.1 cm³/mol. The van der Waals surface area contributed by atoms with E-state index in [1.165, 1.54) is 0 Å². The second-order valence-electron chi connectivity index (χ2n) is 3.27. The summed E-state index contributed by atoms with van der Waals surface area (Å²) in [5.74, 6) is -0.111. The monoisotopic (exact) mass is 206 g/mol. The highest BCUT2D eigenvalue weighted by Crippen LogP contribution is 2.14. The van der Waals surface area contributed by atoms with E-state index in [0.29, 0.717) is 0 Å². The van der Waals surface area contributed by atoms with Gasteiger partial charge in [0.15, 0.2) is 0 Å². The second kappa shape index (κ2) is 5.20. The van der Waals surface area contributed by atoms with Crippen molar-refractivity contribution in [3.8, 4) is 5.75 Å². The molecular formula is C12H14O3. The average Bonchev–Trinajstić information content (AvgIpc) is 2.20. The maximum atomic E-state index is 10.4. The van der Waals surface area contributed by atoms with Crippen molar-refractivity contribution in [2.45, 2.75) is 19.4 Å².